The summed E-state index contributed by atoms with van der Waals surface area (Å²) in [5.41, 5.74) is 2.23. The molecule has 1 aromatic carbocycles. The molecule has 0 amide bonds. The number of benzene rings is 1. The number of anilines is 1. The zero-order valence-corrected chi connectivity index (χ0v) is 10.8. The summed E-state index contributed by atoms with van der Waals surface area (Å²) in [6.45, 7) is 3.49. The summed E-state index contributed by atoms with van der Waals surface area (Å²) in [6, 6.07) is 7.97. The molecule has 18 heavy (non-hydrogen) atoms. The molecule has 0 spiro atoms. The number of carboxylic acids is 1. The maximum Gasteiger partial charge on any atom is 0.305 e. The van der Waals surface area contributed by atoms with Gasteiger partial charge in [0.25, 0.3) is 0 Å². The lowest BCUT2D eigenvalue weighted by atomic mass is 10.1. The Labute approximate surface area is 108 Å². The lowest BCUT2D eigenvalue weighted by molar-refractivity contribution is -0.136. The highest BCUT2D eigenvalue weighted by Gasteiger charge is 2.10. The number of aliphatic carboxylic acids is 1. The van der Waals surface area contributed by atoms with Crippen LogP contribution < -0.4 is 4.90 Å². The Balaban J connectivity index is 2.69. The van der Waals surface area contributed by atoms with Gasteiger partial charge in [0.2, 0.25) is 0 Å². The predicted molar refractivity (Wildman–Crippen MR) is 72.0 cm³/mol. The summed E-state index contributed by atoms with van der Waals surface area (Å²) in [7, 11) is 0. The van der Waals surface area contributed by atoms with Gasteiger partial charge in [0, 0.05) is 25.4 Å². The molecular formula is C14H21NO3. The van der Waals surface area contributed by atoms with Gasteiger partial charge in [0.15, 0.2) is 0 Å². The number of rotatable bonds is 8. The van der Waals surface area contributed by atoms with E-state index in [1.807, 2.05) is 31.2 Å². The van der Waals surface area contributed by atoms with Gasteiger partial charge in [-0.1, -0.05) is 18.2 Å². The number of hydrogen-bond acceptors (Lipinski definition) is 3. The van der Waals surface area contributed by atoms with Crippen molar-refractivity contribution in [1.29, 1.82) is 0 Å². The van der Waals surface area contributed by atoms with Crippen molar-refractivity contribution < 1.29 is 15.0 Å². The first-order chi connectivity index (χ1) is 8.65. The maximum atomic E-state index is 10.7. The van der Waals surface area contributed by atoms with E-state index in [0.717, 1.165) is 30.6 Å². The van der Waals surface area contributed by atoms with E-state index in [4.69, 9.17) is 10.2 Å². The summed E-state index contributed by atoms with van der Waals surface area (Å²) >= 11 is 0. The Morgan fingerprint density at radius 1 is 1.22 bits per heavy atom. The van der Waals surface area contributed by atoms with Crippen LogP contribution in [-0.2, 0) is 4.79 Å². The van der Waals surface area contributed by atoms with Gasteiger partial charge in [0.05, 0.1) is 6.42 Å². The number of carboxylic acid groups (broad SMARTS) is 1. The second-order valence-electron chi connectivity index (χ2n) is 4.35. The normalized spacial score (nSPS) is 10.3. The molecule has 100 valence electrons. The van der Waals surface area contributed by atoms with Gasteiger partial charge in [-0.05, 0) is 31.4 Å². The Morgan fingerprint density at radius 2 is 1.94 bits per heavy atom. The highest BCUT2D eigenvalue weighted by molar-refractivity contribution is 5.68. The third kappa shape index (κ3) is 4.75. The number of unbranched alkanes of at least 4 members (excludes halogenated alkanes) is 1. The summed E-state index contributed by atoms with van der Waals surface area (Å²) in [5.74, 6) is -0.782. The van der Waals surface area contributed by atoms with Crippen LogP contribution in [0.15, 0.2) is 24.3 Å². The average molecular weight is 251 g/mol. The molecule has 0 aromatic heterocycles. The first-order valence-electron chi connectivity index (χ1n) is 6.28. The predicted octanol–water partition coefficient (Wildman–Crippen LogP) is 2.05. The van der Waals surface area contributed by atoms with Crippen molar-refractivity contribution in [3.8, 4) is 0 Å². The van der Waals surface area contributed by atoms with Crippen LogP contribution in [0.3, 0.4) is 0 Å². The number of aliphatic hydroxyl groups excluding tert-OH is 1. The van der Waals surface area contributed by atoms with Gasteiger partial charge in [0.1, 0.15) is 0 Å². The van der Waals surface area contributed by atoms with Crippen LogP contribution >= 0.6 is 0 Å². The minimum atomic E-state index is -0.782. The summed E-state index contributed by atoms with van der Waals surface area (Å²) in [5, 5.41) is 17.6. The first kappa shape index (κ1) is 14.5. The van der Waals surface area contributed by atoms with Gasteiger partial charge >= 0.3 is 5.97 Å². The maximum absolute atomic E-state index is 10.7. The van der Waals surface area contributed by atoms with E-state index >= 15 is 0 Å². The Bertz CT molecular complexity index is 379. The van der Waals surface area contributed by atoms with Crippen LogP contribution in [0, 0.1) is 6.92 Å². The molecule has 0 unspecified atom stereocenters. The van der Waals surface area contributed by atoms with Crippen molar-refractivity contribution in [2.75, 3.05) is 24.6 Å². The van der Waals surface area contributed by atoms with E-state index in [1.165, 1.54) is 0 Å². The van der Waals surface area contributed by atoms with Crippen molar-refractivity contribution >= 4 is 11.7 Å². The Hall–Kier alpha value is -1.55. The van der Waals surface area contributed by atoms with Crippen LogP contribution in [-0.4, -0.2) is 35.9 Å². The molecule has 1 rings (SSSR count). The number of carbonyl (C=O) groups is 1. The summed E-state index contributed by atoms with van der Waals surface area (Å²) in [6.07, 6.45) is 1.74. The smallest absolute Gasteiger partial charge is 0.305 e. The Morgan fingerprint density at radius 3 is 2.56 bits per heavy atom. The number of aryl methyl sites for hydroxylation is 1. The minimum absolute atomic E-state index is 0.132. The van der Waals surface area contributed by atoms with Crippen LogP contribution in [0.5, 0.6) is 0 Å². The van der Waals surface area contributed by atoms with Crippen molar-refractivity contribution in [3.63, 3.8) is 0 Å². The lowest BCUT2D eigenvalue weighted by Crippen LogP contribution is -2.28. The summed E-state index contributed by atoms with van der Waals surface area (Å²) in [4.78, 5) is 12.8. The molecule has 0 saturated heterocycles. The first-order valence-corrected chi connectivity index (χ1v) is 6.28. The molecular weight excluding hydrogens is 230 g/mol. The molecule has 0 atom stereocenters. The second kappa shape index (κ2) is 7.71. The zero-order chi connectivity index (χ0) is 13.4. The van der Waals surface area contributed by atoms with Crippen molar-refractivity contribution in [3.05, 3.63) is 29.8 Å². The number of nitrogens with zero attached hydrogens (tertiary/aromatic N) is 1. The second-order valence-corrected chi connectivity index (χ2v) is 4.35. The third-order valence-corrected chi connectivity index (χ3v) is 2.89. The van der Waals surface area contributed by atoms with Gasteiger partial charge in [-0.15, -0.1) is 0 Å². The van der Waals surface area contributed by atoms with Crippen LogP contribution in [0.1, 0.15) is 24.8 Å². The van der Waals surface area contributed by atoms with E-state index in [9.17, 15) is 4.79 Å². The largest absolute Gasteiger partial charge is 0.481 e. The monoisotopic (exact) mass is 251 g/mol. The topological polar surface area (TPSA) is 60.8 Å². The quantitative estimate of drug-likeness (QED) is 0.694. The van der Waals surface area contributed by atoms with Crippen molar-refractivity contribution in [1.82, 2.24) is 0 Å². The van der Waals surface area contributed by atoms with Gasteiger partial charge in [-0.25, -0.2) is 0 Å². The Kier molecular flexibility index (Phi) is 6.22. The van der Waals surface area contributed by atoms with Crippen LogP contribution in [0.4, 0.5) is 5.69 Å². The fourth-order valence-electron chi connectivity index (χ4n) is 1.92. The molecule has 0 saturated carbocycles. The highest BCUT2D eigenvalue weighted by atomic mass is 16.4. The number of para-hydroxylation sites is 1. The van der Waals surface area contributed by atoms with Crippen molar-refractivity contribution in [2.45, 2.75) is 26.2 Å². The van der Waals surface area contributed by atoms with Crippen LogP contribution in [0.25, 0.3) is 0 Å². The zero-order valence-electron chi connectivity index (χ0n) is 10.8. The molecule has 4 nitrogen and oxygen atoms in total. The van der Waals surface area contributed by atoms with E-state index < -0.39 is 5.97 Å². The molecule has 0 fully saturated rings. The van der Waals surface area contributed by atoms with E-state index in [2.05, 4.69) is 4.90 Å². The molecule has 4 heteroatoms. The third-order valence-electron chi connectivity index (χ3n) is 2.89. The van der Waals surface area contributed by atoms with E-state index in [-0.39, 0.29) is 13.0 Å². The molecule has 1 aromatic rings. The molecule has 0 bridgehead atoms. The molecule has 0 aliphatic heterocycles. The summed E-state index contributed by atoms with van der Waals surface area (Å²) < 4.78 is 0. The standard InChI is InChI=1S/C14H21NO3/c1-12-6-2-3-7-13(12)15(9-4-5-11-16)10-8-14(17)18/h2-3,6-7,16H,4-5,8-11H2,1H3,(H,17,18). The fourth-order valence-corrected chi connectivity index (χ4v) is 1.92. The van der Waals surface area contributed by atoms with Gasteiger partial charge in [-0.2, -0.15) is 0 Å². The SMILES string of the molecule is Cc1ccccc1N(CCCCO)CCC(=O)O. The van der Waals surface area contributed by atoms with Gasteiger partial charge < -0.3 is 15.1 Å². The number of aliphatic hydroxyl groups is 1. The fraction of sp³-hybridized carbons (Fsp3) is 0.500. The lowest BCUT2D eigenvalue weighted by Gasteiger charge is -2.25. The highest BCUT2D eigenvalue weighted by Crippen LogP contribution is 2.20. The molecule has 0 aliphatic carbocycles. The molecule has 2 N–H and O–H groups in total. The van der Waals surface area contributed by atoms with Gasteiger partial charge in [-0.3, -0.25) is 4.79 Å². The molecule has 0 heterocycles. The molecule has 0 aliphatic rings. The van der Waals surface area contributed by atoms with E-state index in [1.54, 1.807) is 0 Å². The minimum Gasteiger partial charge on any atom is -0.481 e. The molecule has 0 radical (unpaired) electrons. The van der Waals surface area contributed by atoms with E-state index in [0.29, 0.717) is 6.54 Å². The number of hydrogen-bond donors (Lipinski definition) is 2. The van der Waals surface area contributed by atoms with Crippen LogP contribution in [0.2, 0.25) is 0 Å². The van der Waals surface area contributed by atoms with Crippen molar-refractivity contribution in [2.24, 2.45) is 0 Å². The average Bonchev–Trinajstić information content (AvgIpc) is 2.34.